The van der Waals surface area contributed by atoms with Crippen molar-refractivity contribution >= 4 is 12.4 Å². The third kappa shape index (κ3) is 6.27. The van der Waals surface area contributed by atoms with Gasteiger partial charge in [-0.3, -0.25) is 4.90 Å². The van der Waals surface area contributed by atoms with Gasteiger partial charge in [-0.2, -0.15) is 0 Å². The topological polar surface area (TPSA) is 27.7 Å². The molecule has 2 rings (SSSR count). The maximum atomic E-state index is 5.78. The fourth-order valence-electron chi connectivity index (χ4n) is 3.38. The van der Waals surface area contributed by atoms with Crippen molar-refractivity contribution in [2.75, 3.05) is 52.9 Å². The smallest absolute Gasteiger partial charge is 0.0678 e. The highest BCUT2D eigenvalue weighted by molar-refractivity contribution is 5.85. The van der Waals surface area contributed by atoms with E-state index in [0.717, 1.165) is 19.0 Å². The minimum atomic E-state index is 0. The van der Waals surface area contributed by atoms with Gasteiger partial charge in [0.2, 0.25) is 0 Å². The highest BCUT2D eigenvalue weighted by Crippen LogP contribution is 2.13. The van der Waals surface area contributed by atoms with Gasteiger partial charge in [0.1, 0.15) is 0 Å². The first-order valence-corrected chi connectivity index (χ1v) is 7.90. The third-order valence-electron chi connectivity index (χ3n) is 4.32. The Kier molecular flexibility index (Phi) is 8.37. The van der Waals surface area contributed by atoms with Gasteiger partial charge in [-0.15, -0.1) is 12.4 Å². The van der Waals surface area contributed by atoms with Gasteiger partial charge in [0, 0.05) is 32.7 Å². The number of rotatable bonds is 5. The molecule has 20 heavy (non-hydrogen) atoms. The number of piperidine rings is 1. The maximum Gasteiger partial charge on any atom is 0.0678 e. The van der Waals surface area contributed by atoms with E-state index in [9.17, 15) is 0 Å². The van der Waals surface area contributed by atoms with Crippen LogP contribution in [0.3, 0.4) is 0 Å². The van der Waals surface area contributed by atoms with E-state index in [1.54, 1.807) is 0 Å². The SMILES string of the molecule is C[C@@H]1CN(CCN(C)CC2CCNCC2)C[C@H](C)O1.Cl. The number of hydrogen-bond donors (Lipinski definition) is 1. The second-order valence-electron chi connectivity index (χ2n) is 6.47. The molecule has 0 saturated carbocycles. The van der Waals surface area contributed by atoms with Gasteiger partial charge < -0.3 is 15.0 Å². The lowest BCUT2D eigenvalue weighted by Gasteiger charge is -2.36. The van der Waals surface area contributed by atoms with Gasteiger partial charge in [-0.05, 0) is 52.7 Å². The molecule has 2 atom stereocenters. The number of ether oxygens (including phenoxy) is 1. The molecule has 0 radical (unpaired) electrons. The predicted octanol–water partition coefficient (Wildman–Crippen LogP) is 1.45. The first-order chi connectivity index (χ1) is 9.13. The Labute approximate surface area is 130 Å². The molecule has 2 heterocycles. The molecule has 2 aliphatic rings. The van der Waals surface area contributed by atoms with E-state index in [1.165, 1.54) is 45.6 Å². The largest absolute Gasteiger partial charge is 0.373 e. The number of morpholine rings is 1. The molecule has 0 aliphatic carbocycles. The van der Waals surface area contributed by atoms with E-state index in [1.807, 2.05) is 0 Å². The Morgan fingerprint density at radius 2 is 1.75 bits per heavy atom. The van der Waals surface area contributed by atoms with Crippen LogP contribution in [0.15, 0.2) is 0 Å². The molecular formula is C15H32ClN3O. The van der Waals surface area contributed by atoms with Crippen molar-refractivity contribution in [1.82, 2.24) is 15.1 Å². The fourth-order valence-corrected chi connectivity index (χ4v) is 3.38. The molecular weight excluding hydrogens is 274 g/mol. The summed E-state index contributed by atoms with van der Waals surface area (Å²) < 4.78 is 5.78. The van der Waals surface area contributed by atoms with Crippen LogP contribution in [0, 0.1) is 5.92 Å². The van der Waals surface area contributed by atoms with Crippen LogP contribution in [-0.4, -0.2) is 74.9 Å². The van der Waals surface area contributed by atoms with Crippen molar-refractivity contribution in [2.45, 2.75) is 38.9 Å². The molecule has 2 aliphatic heterocycles. The van der Waals surface area contributed by atoms with E-state index in [4.69, 9.17) is 4.74 Å². The lowest BCUT2D eigenvalue weighted by molar-refractivity contribution is -0.0691. The third-order valence-corrected chi connectivity index (χ3v) is 4.32. The van der Waals surface area contributed by atoms with Gasteiger partial charge in [-0.25, -0.2) is 0 Å². The second kappa shape index (κ2) is 9.21. The summed E-state index contributed by atoms with van der Waals surface area (Å²) in [6.45, 7) is 12.6. The molecule has 2 fully saturated rings. The molecule has 4 nitrogen and oxygen atoms in total. The highest BCUT2D eigenvalue weighted by Gasteiger charge is 2.22. The van der Waals surface area contributed by atoms with Crippen LogP contribution in [0.2, 0.25) is 0 Å². The first kappa shape index (κ1) is 18.2. The Hall–Kier alpha value is 0.130. The van der Waals surface area contributed by atoms with Gasteiger partial charge in [0.15, 0.2) is 0 Å². The summed E-state index contributed by atoms with van der Waals surface area (Å²) in [7, 11) is 2.27. The fraction of sp³-hybridized carbons (Fsp3) is 1.00. The second-order valence-corrected chi connectivity index (χ2v) is 6.47. The lowest BCUT2D eigenvalue weighted by Crippen LogP contribution is -2.48. The average Bonchev–Trinajstić information content (AvgIpc) is 2.36. The minimum Gasteiger partial charge on any atom is -0.373 e. The molecule has 0 aromatic rings. The Balaban J connectivity index is 0.00000200. The van der Waals surface area contributed by atoms with Gasteiger partial charge >= 0.3 is 0 Å². The van der Waals surface area contributed by atoms with Crippen LogP contribution >= 0.6 is 12.4 Å². The van der Waals surface area contributed by atoms with E-state index < -0.39 is 0 Å². The molecule has 0 aromatic heterocycles. The van der Waals surface area contributed by atoms with Crippen LogP contribution in [-0.2, 0) is 4.74 Å². The van der Waals surface area contributed by atoms with Crippen molar-refractivity contribution in [3.05, 3.63) is 0 Å². The molecule has 120 valence electrons. The quantitative estimate of drug-likeness (QED) is 0.832. The summed E-state index contributed by atoms with van der Waals surface area (Å²) in [5, 5.41) is 3.44. The van der Waals surface area contributed by atoms with Crippen LogP contribution in [0.1, 0.15) is 26.7 Å². The zero-order chi connectivity index (χ0) is 13.7. The summed E-state index contributed by atoms with van der Waals surface area (Å²) in [6, 6.07) is 0. The highest BCUT2D eigenvalue weighted by atomic mass is 35.5. The zero-order valence-corrected chi connectivity index (χ0v) is 14.1. The van der Waals surface area contributed by atoms with Crippen LogP contribution < -0.4 is 5.32 Å². The van der Waals surface area contributed by atoms with Crippen molar-refractivity contribution < 1.29 is 4.74 Å². The predicted molar refractivity (Wildman–Crippen MR) is 86.8 cm³/mol. The molecule has 2 saturated heterocycles. The minimum absolute atomic E-state index is 0. The zero-order valence-electron chi connectivity index (χ0n) is 13.3. The molecule has 0 aromatic carbocycles. The number of nitrogens with zero attached hydrogens (tertiary/aromatic N) is 2. The Bertz CT molecular complexity index is 252. The van der Waals surface area contributed by atoms with Gasteiger partial charge in [0.25, 0.3) is 0 Å². The van der Waals surface area contributed by atoms with Crippen molar-refractivity contribution in [3.63, 3.8) is 0 Å². The molecule has 5 heteroatoms. The monoisotopic (exact) mass is 305 g/mol. The molecule has 1 N–H and O–H groups in total. The standard InChI is InChI=1S/C15H31N3O.ClH/c1-13-10-18(11-14(2)19-13)9-8-17(3)12-15-4-6-16-7-5-15;/h13-16H,4-12H2,1-3H3;1H/t13-,14+;. The van der Waals surface area contributed by atoms with E-state index in [0.29, 0.717) is 12.2 Å². The summed E-state index contributed by atoms with van der Waals surface area (Å²) in [5.74, 6) is 0.897. The summed E-state index contributed by atoms with van der Waals surface area (Å²) in [4.78, 5) is 5.07. The molecule has 0 bridgehead atoms. The lowest BCUT2D eigenvalue weighted by atomic mass is 9.98. The van der Waals surface area contributed by atoms with Crippen LogP contribution in [0.4, 0.5) is 0 Å². The summed E-state index contributed by atoms with van der Waals surface area (Å²) in [6.07, 6.45) is 3.46. The Morgan fingerprint density at radius 1 is 1.15 bits per heavy atom. The van der Waals surface area contributed by atoms with E-state index >= 15 is 0 Å². The number of nitrogens with one attached hydrogen (secondary N) is 1. The molecule has 0 amide bonds. The number of halogens is 1. The van der Waals surface area contributed by atoms with Gasteiger partial charge in [-0.1, -0.05) is 0 Å². The average molecular weight is 306 g/mol. The van der Waals surface area contributed by atoms with Crippen LogP contribution in [0.25, 0.3) is 0 Å². The molecule has 0 unspecified atom stereocenters. The Morgan fingerprint density at radius 3 is 2.35 bits per heavy atom. The molecule has 0 spiro atoms. The summed E-state index contributed by atoms with van der Waals surface area (Å²) >= 11 is 0. The van der Waals surface area contributed by atoms with Crippen LogP contribution in [0.5, 0.6) is 0 Å². The van der Waals surface area contributed by atoms with Crippen molar-refractivity contribution in [3.8, 4) is 0 Å². The van der Waals surface area contributed by atoms with E-state index in [2.05, 4.69) is 36.0 Å². The van der Waals surface area contributed by atoms with Gasteiger partial charge in [0.05, 0.1) is 12.2 Å². The van der Waals surface area contributed by atoms with Crippen molar-refractivity contribution in [1.29, 1.82) is 0 Å². The number of likely N-dealkylation sites (N-methyl/N-ethyl adjacent to an activating group) is 1. The number of hydrogen-bond acceptors (Lipinski definition) is 4. The first-order valence-electron chi connectivity index (χ1n) is 7.90. The summed E-state index contributed by atoms with van der Waals surface area (Å²) in [5.41, 5.74) is 0. The normalized spacial score (nSPS) is 29.4. The van der Waals surface area contributed by atoms with E-state index in [-0.39, 0.29) is 12.4 Å². The maximum absolute atomic E-state index is 5.78. The van der Waals surface area contributed by atoms with Crippen molar-refractivity contribution in [2.24, 2.45) is 5.92 Å².